The Morgan fingerprint density at radius 1 is 1.31 bits per heavy atom. The number of fused-ring (bicyclic) bond motifs is 1. The Balaban J connectivity index is 1.70. The quantitative estimate of drug-likeness (QED) is 0.847. The van der Waals surface area contributed by atoms with Crippen LogP contribution in [0.2, 0.25) is 0 Å². The maximum atomic E-state index is 3.65. The minimum atomic E-state index is 0.758. The molecule has 0 aliphatic heterocycles. The van der Waals surface area contributed by atoms with Gasteiger partial charge in [-0.05, 0) is 41.2 Å². The fourth-order valence-electron chi connectivity index (χ4n) is 2.49. The summed E-state index contributed by atoms with van der Waals surface area (Å²) in [5.41, 5.74) is 1.46. The Labute approximate surface area is 100 Å². The lowest BCUT2D eigenvalue weighted by Crippen LogP contribution is -2.39. The molecule has 1 nitrogen and oxygen atoms in total. The molecule has 2 aromatic rings. The van der Waals surface area contributed by atoms with Gasteiger partial charge in [-0.2, -0.15) is 0 Å². The summed E-state index contributed by atoms with van der Waals surface area (Å²) >= 11 is 1.85. The molecular weight excluding hydrogens is 214 g/mol. The molecule has 0 unspecified atom stereocenters. The van der Waals surface area contributed by atoms with Crippen LogP contribution in [0.25, 0.3) is 10.1 Å². The number of thiophene rings is 1. The first-order chi connectivity index (χ1) is 7.83. The third kappa shape index (κ3) is 1.87. The van der Waals surface area contributed by atoms with Gasteiger partial charge in [-0.3, -0.25) is 0 Å². The second-order valence-corrected chi connectivity index (χ2v) is 5.82. The van der Waals surface area contributed by atoms with E-state index in [4.69, 9.17) is 0 Å². The highest BCUT2D eigenvalue weighted by molar-refractivity contribution is 7.17. The summed E-state index contributed by atoms with van der Waals surface area (Å²) in [5.74, 6) is 0.928. The van der Waals surface area contributed by atoms with Gasteiger partial charge in [0.05, 0.1) is 0 Å². The maximum Gasteiger partial charge on any atom is 0.0346 e. The van der Waals surface area contributed by atoms with Crippen molar-refractivity contribution in [1.29, 1.82) is 0 Å². The van der Waals surface area contributed by atoms with Crippen molar-refractivity contribution < 1.29 is 0 Å². The Bertz CT molecular complexity index is 482. The third-order valence-corrected chi connectivity index (χ3v) is 4.53. The van der Waals surface area contributed by atoms with E-state index in [0.29, 0.717) is 0 Å². The molecular formula is C14H17NS. The van der Waals surface area contributed by atoms with Gasteiger partial charge in [-0.25, -0.2) is 0 Å². The minimum Gasteiger partial charge on any atom is -0.310 e. The summed E-state index contributed by atoms with van der Waals surface area (Å²) < 4.78 is 1.40. The number of nitrogens with one attached hydrogen (secondary N) is 1. The van der Waals surface area contributed by atoms with E-state index in [1.807, 2.05) is 11.3 Å². The first-order valence-corrected chi connectivity index (χ1v) is 6.89. The van der Waals surface area contributed by atoms with Crippen molar-refractivity contribution in [3.05, 3.63) is 35.2 Å². The minimum absolute atomic E-state index is 0.758. The zero-order chi connectivity index (χ0) is 11.0. The van der Waals surface area contributed by atoms with Crippen molar-refractivity contribution >= 4 is 21.4 Å². The molecule has 1 aromatic carbocycles. The summed E-state index contributed by atoms with van der Waals surface area (Å²) in [4.78, 5) is 0. The molecule has 2 heteroatoms. The molecule has 3 rings (SSSR count). The van der Waals surface area contributed by atoms with Gasteiger partial charge in [0.1, 0.15) is 0 Å². The van der Waals surface area contributed by atoms with Crippen LogP contribution in [0.4, 0.5) is 0 Å². The molecule has 84 valence electrons. The number of hydrogen-bond donors (Lipinski definition) is 1. The number of hydrogen-bond acceptors (Lipinski definition) is 2. The average molecular weight is 231 g/mol. The van der Waals surface area contributed by atoms with Crippen LogP contribution >= 0.6 is 11.3 Å². The van der Waals surface area contributed by atoms with Gasteiger partial charge in [0.15, 0.2) is 0 Å². The van der Waals surface area contributed by atoms with Crippen LogP contribution in [0, 0.1) is 5.92 Å². The molecule has 1 fully saturated rings. The van der Waals surface area contributed by atoms with Gasteiger partial charge in [0.2, 0.25) is 0 Å². The van der Waals surface area contributed by atoms with Crippen LogP contribution in [0.1, 0.15) is 25.3 Å². The molecule has 16 heavy (non-hydrogen) atoms. The van der Waals surface area contributed by atoms with Crippen molar-refractivity contribution in [3.8, 4) is 0 Å². The number of benzene rings is 1. The molecule has 1 saturated carbocycles. The second kappa shape index (κ2) is 4.19. The first kappa shape index (κ1) is 10.3. The van der Waals surface area contributed by atoms with Gasteiger partial charge in [0.25, 0.3) is 0 Å². The predicted octanol–water partition coefficient (Wildman–Crippen LogP) is 3.79. The van der Waals surface area contributed by atoms with Crippen LogP contribution in [-0.2, 0) is 6.54 Å². The Morgan fingerprint density at radius 2 is 2.12 bits per heavy atom. The lowest BCUT2D eigenvalue weighted by molar-refractivity contribution is 0.240. The molecule has 0 atom stereocenters. The van der Waals surface area contributed by atoms with Crippen molar-refractivity contribution in [2.75, 3.05) is 0 Å². The topological polar surface area (TPSA) is 12.0 Å². The first-order valence-electron chi connectivity index (χ1n) is 6.01. The van der Waals surface area contributed by atoms with Crippen LogP contribution in [0.5, 0.6) is 0 Å². The van der Waals surface area contributed by atoms with Crippen LogP contribution in [0.15, 0.2) is 29.6 Å². The van der Waals surface area contributed by atoms with E-state index in [0.717, 1.165) is 18.5 Å². The van der Waals surface area contributed by atoms with Crippen molar-refractivity contribution in [1.82, 2.24) is 5.32 Å². The zero-order valence-electron chi connectivity index (χ0n) is 9.57. The van der Waals surface area contributed by atoms with Gasteiger partial charge >= 0.3 is 0 Å². The van der Waals surface area contributed by atoms with E-state index < -0.39 is 0 Å². The largest absolute Gasteiger partial charge is 0.310 e. The van der Waals surface area contributed by atoms with Crippen molar-refractivity contribution in [2.45, 2.75) is 32.4 Å². The van der Waals surface area contributed by atoms with Crippen molar-refractivity contribution in [3.63, 3.8) is 0 Å². The molecule has 1 aliphatic carbocycles. The summed E-state index contributed by atoms with van der Waals surface area (Å²) in [5, 5.41) is 7.37. The SMILES string of the molecule is CC1CC(NCc2csc3ccccc23)C1. The van der Waals surface area contributed by atoms with Gasteiger partial charge < -0.3 is 5.32 Å². The third-order valence-electron chi connectivity index (χ3n) is 3.52. The fraction of sp³-hybridized carbons (Fsp3) is 0.429. The smallest absolute Gasteiger partial charge is 0.0346 e. The average Bonchev–Trinajstić information content (AvgIpc) is 2.66. The van der Waals surface area contributed by atoms with Crippen molar-refractivity contribution in [2.24, 2.45) is 5.92 Å². The molecule has 0 spiro atoms. The summed E-state index contributed by atoms with van der Waals surface area (Å²) in [6.07, 6.45) is 2.70. The van der Waals surface area contributed by atoms with E-state index >= 15 is 0 Å². The van der Waals surface area contributed by atoms with Crippen LogP contribution in [-0.4, -0.2) is 6.04 Å². The lowest BCUT2D eigenvalue weighted by Gasteiger charge is -2.33. The molecule has 1 aliphatic rings. The summed E-state index contributed by atoms with van der Waals surface area (Å²) in [6, 6.07) is 9.43. The second-order valence-electron chi connectivity index (χ2n) is 4.91. The number of rotatable bonds is 3. The maximum absolute atomic E-state index is 3.65. The standard InChI is InChI=1S/C14H17NS/c1-10-6-12(7-10)15-8-11-9-16-14-5-3-2-4-13(11)14/h2-5,9-10,12,15H,6-8H2,1H3. The highest BCUT2D eigenvalue weighted by Gasteiger charge is 2.24. The Hall–Kier alpha value is -0.860. The van der Waals surface area contributed by atoms with E-state index in [-0.39, 0.29) is 0 Å². The van der Waals surface area contributed by atoms with Gasteiger partial charge in [0, 0.05) is 17.3 Å². The Kier molecular flexibility index (Phi) is 2.70. The molecule has 0 bridgehead atoms. The molecule has 0 radical (unpaired) electrons. The van der Waals surface area contributed by atoms with Crippen LogP contribution in [0.3, 0.4) is 0 Å². The normalized spacial score (nSPS) is 24.6. The molecule has 0 saturated heterocycles. The van der Waals surface area contributed by atoms with Gasteiger partial charge in [-0.15, -0.1) is 11.3 Å². The fourth-order valence-corrected chi connectivity index (χ4v) is 3.46. The molecule has 1 heterocycles. The van der Waals surface area contributed by atoms with E-state index in [1.165, 1.54) is 28.5 Å². The summed E-state index contributed by atoms with van der Waals surface area (Å²) in [7, 11) is 0. The molecule has 1 aromatic heterocycles. The lowest BCUT2D eigenvalue weighted by atomic mass is 9.82. The Morgan fingerprint density at radius 3 is 2.94 bits per heavy atom. The molecule has 1 N–H and O–H groups in total. The predicted molar refractivity (Wildman–Crippen MR) is 70.9 cm³/mol. The van der Waals surface area contributed by atoms with Gasteiger partial charge in [-0.1, -0.05) is 25.1 Å². The summed E-state index contributed by atoms with van der Waals surface area (Å²) in [6.45, 7) is 3.36. The monoisotopic (exact) mass is 231 g/mol. The zero-order valence-corrected chi connectivity index (χ0v) is 10.4. The van der Waals surface area contributed by atoms with E-state index in [2.05, 4.69) is 41.9 Å². The van der Waals surface area contributed by atoms with E-state index in [9.17, 15) is 0 Å². The van der Waals surface area contributed by atoms with Crippen LogP contribution < -0.4 is 5.32 Å². The highest BCUT2D eigenvalue weighted by atomic mass is 32.1. The van der Waals surface area contributed by atoms with E-state index in [1.54, 1.807) is 0 Å². The highest BCUT2D eigenvalue weighted by Crippen LogP contribution is 2.28. The molecule has 0 amide bonds.